The van der Waals surface area contributed by atoms with Crippen molar-refractivity contribution in [1.82, 2.24) is 14.5 Å². The number of likely N-dealkylation sites (N-methyl/N-ethyl adjacent to an activating group) is 1. The summed E-state index contributed by atoms with van der Waals surface area (Å²) in [5.74, 6) is 0.0531. The van der Waals surface area contributed by atoms with E-state index in [0.29, 0.717) is 19.5 Å². The van der Waals surface area contributed by atoms with Gasteiger partial charge in [0.1, 0.15) is 0 Å². The van der Waals surface area contributed by atoms with Crippen LogP contribution in [0, 0.1) is 13.8 Å². The third-order valence-electron chi connectivity index (χ3n) is 3.76. The lowest BCUT2D eigenvalue weighted by molar-refractivity contribution is -0.130. The van der Waals surface area contributed by atoms with Crippen molar-refractivity contribution < 1.29 is 4.79 Å². The summed E-state index contributed by atoms with van der Waals surface area (Å²) >= 11 is 1.62. The summed E-state index contributed by atoms with van der Waals surface area (Å²) in [4.78, 5) is 31.1. The van der Waals surface area contributed by atoms with E-state index in [4.69, 9.17) is 0 Å². The molecule has 0 aliphatic carbocycles. The summed E-state index contributed by atoms with van der Waals surface area (Å²) in [6, 6.07) is 5.13. The molecule has 0 N–H and O–H groups in total. The number of pyridine rings is 1. The highest BCUT2D eigenvalue weighted by Gasteiger charge is 2.11. The zero-order valence-corrected chi connectivity index (χ0v) is 14.0. The highest BCUT2D eigenvalue weighted by molar-refractivity contribution is 7.09. The fourth-order valence-electron chi connectivity index (χ4n) is 2.27. The third-order valence-corrected chi connectivity index (χ3v) is 4.76. The average Bonchev–Trinajstić information content (AvgIpc) is 2.89. The number of thiazole rings is 1. The van der Waals surface area contributed by atoms with Crippen LogP contribution >= 0.6 is 11.3 Å². The lowest BCUT2D eigenvalue weighted by atomic mass is 10.2. The van der Waals surface area contributed by atoms with Crippen LogP contribution in [0.5, 0.6) is 0 Å². The van der Waals surface area contributed by atoms with Gasteiger partial charge in [0.05, 0.1) is 11.2 Å². The topological polar surface area (TPSA) is 55.2 Å². The van der Waals surface area contributed by atoms with Crippen LogP contribution in [0.2, 0.25) is 0 Å². The minimum atomic E-state index is -0.0595. The summed E-state index contributed by atoms with van der Waals surface area (Å²) in [5, 5.41) is 0. The molecule has 2 aromatic rings. The second-order valence-corrected chi connectivity index (χ2v) is 6.27. The number of carbonyl (C=O) groups is 1. The van der Waals surface area contributed by atoms with E-state index in [9.17, 15) is 9.59 Å². The summed E-state index contributed by atoms with van der Waals surface area (Å²) in [5.41, 5.74) is 3.69. The maximum Gasteiger partial charge on any atom is 0.250 e. The van der Waals surface area contributed by atoms with Gasteiger partial charge in [0.15, 0.2) is 0 Å². The molecule has 0 aliphatic heterocycles. The molecule has 2 aromatic heterocycles. The molecule has 5 nitrogen and oxygen atoms in total. The first kappa shape index (κ1) is 16.4. The number of hydrogen-bond acceptors (Lipinski definition) is 4. The molecule has 2 heterocycles. The fraction of sp³-hybridized carbons (Fsp3) is 0.438. The molecule has 0 fully saturated rings. The Morgan fingerprint density at radius 1 is 1.36 bits per heavy atom. The highest BCUT2D eigenvalue weighted by atomic mass is 32.1. The molecule has 0 saturated carbocycles. The largest absolute Gasteiger partial charge is 0.345 e. The van der Waals surface area contributed by atoms with Gasteiger partial charge in [0.2, 0.25) is 5.91 Å². The first-order valence-corrected chi connectivity index (χ1v) is 8.16. The van der Waals surface area contributed by atoms with Crippen LogP contribution < -0.4 is 5.56 Å². The maximum atomic E-state index is 12.2. The molecule has 0 saturated heterocycles. The predicted molar refractivity (Wildman–Crippen MR) is 88.2 cm³/mol. The molecule has 0 radical (unpaired) electrons. The number of aromatic nitrogens is 2. The van der Waals surface area contributed by atoms with Crippen LogP contribution in [0.3, 0.4) is 0 Å². The van der Waals surface area contributed by atoms with Crippen molar-refractivity contribution in [3.8, 4) is 0 Å². The minimum Gasteiger partial charge on any atom is -0.345 e. The molecule has 0 aromatic carbocycles. The van der Waals surface area contributed by atoms with Gasteiger partial charge in [-0.05, 0) is 19.9 Å². The van der Waals surface area contributed by atoms with Crippen molar-refractivity contribution in [3.05, 3.63) is 50.3 Å². The number of amides is 1. The molecule has 0 atom stereocenters. The Morgan fingerprint density at radius 3 is 2.77 bits per heavy atom. The third kappa shape index (κ3) is 4.04. The molecule has 1 amide bonds. The SMILES string of the molecule is Cc1ncsc1CCN(C)C(=O)CCn1c(C)cccc1=O. The van der Waals surface area contributed by atoms with Gasteiger partial charge >= 0.3 is 0 Å². The fourth-order valence-corrected chi connectivity index (χ4v) is 3.04. The Bertz CT molecular complexity index is 705. The van der Waals surface area contributed by atoms with E-state index in [2.05, 4.69) is 4.98 Å². The van der Waals surface area contributed by atoms with Crippen LogP contribution in [-0.2, 0) is 17.8 Å². The van der Waals surface area contributed by atoms with Crippen LogP contribution in [-0.4, -0.2) is 34.0 Å². The lowest BCUT2D eigenvalue weighted by Crippen LogP contribution is -2.31. The Labute approximate surface area is 134 Å². The van der Waals surface area contributed by atoms with E-state index < -0.39 is 0 Å². The molecular weight excluding hydrogens is 298 g/mol. The zero-order chi connectivity index (χ0) is 16.1. The van der Waals surface area contributed by atoms with Crippen molar-refractivity contribution >= 4 is 17.2 Å². The van der Waals surface area contributed by atoms with E-state index in [0.717, 1.165) is 17.8 Å². The molecule has 6 heteroatoms. The number of aryl methyl sites for hydroxylation is 2. The van der Waals surface area contributed by atoms with Crippen molar-refractivity contribution in [3.63, 3.8) is 0 Å². The van der Waals surface area contributed by atoms with Gasteiger partial charge in [-0.3, -0.25) is 9.59 Å². The van der Waals surface area contributed by atoms with Gasteiger partial charge < -0.3 is 9.47 Å². The Morgan fingerprint density at radius 2 is 2.14 bits per heavy atom. The Kier molecular flexibility index (Phi) is 5.49. The molecular formula is C16H21N3O2S. The van der Waals surface area contributed by atoms with Crippen molar-refractivity contribution in [2.24, 2.45) is 0 Å². The van der Waals surface area contributed by atoms with Crippen molar-refractivity contribution in [2.75, 3.05) is 13.6 Å². The van der Waals surface area contributed by atoms with E-state index >= 15 is 0 Å². The summed E-state index contributed by atoms with van der Waals surface area (Å²) in [6.07, 6.45) is 1.16. The van der Waals surface area contributed by atoms with E-state index in [1.54, 1.807) is 33.9 Å². The number of rotatable bonds is 6. The Hall–Kier alpha value is -1.95. The van der Waals surface area contributed by atoms with Gasteiger partial charge in [-0.2, -0.15) is 0 Å². The van der Waals surface area contributed by atoms with Crippen LogP contribution in [0.1, 0.15) is 22.7 Å². The minimum absolute atomic E-state index is 0.0531. The van der Waals surface area contributed by atoms with Crippen molar-refractivity contribution in [1.29, 1.82) is 0 Å². The standard InChI is InChI=1S/C16H21N3O2S/c1-12-5-4-6-16(21)19(12)10-8-15(20)18(3)9-7-14-13(2)17-11-22-14/h4-6,11H,7-10H2,1-3H3. The summed E-state index contributed by atoms with van der Waals surface area (Å²) < 4.78 is 1.64. The first-order valence-electron chi connectivity index (χ1n) is 7.28. The summed E-state index contributed by atoms with van der Waals surface area (Å²) in [7, 11) is 1.80. The molecule has 118 valence electrons. The zero-order valence-electron chi connectivity index (χ0n) is 13.2. The van der Waals surface area contributed by atoms with Gasteiger partial charge in [0.25, 0.3) is 5.56 Å². The van der Waals surface area contributed by atoms with Crippen molar-refractivity contribution in [2.45, 2.75) is 33.2 Å². The van der Waals surface area contributed by atoms with Crippen LogP contribution in [0.4, 0.5) is 0 Å². The molecule has 22 heavy (non-hydrogen) atoms. The molecule has 0 aliphatic rings. The average molecular weight is 319 g/mol. The first-order chi connectivity index (χ1) is 10.5. The molecule has 0 bridgehead atoms. The van der Waals surface area contributed by atoms with Crippen LogP contribution in [0.25, 0.3) is 0 Å². The quantitative estimate of drug-likeness (QED) is 0.818. The van der Waals surface area contributed by atoms with E-state index in [-0.39, 0.29) is 11.5 Å². The van der Waals surface area contributed by atoms with Crippen LogP contribution in [0.15, 0.2) is 28.5 Å². The summed E-state index contributed by atoms with van der Waals surface area (Å²) in [6.45, 7) is 4.96. The molecule has 2 rings (SSSR count). The van der Waals surface area contributed by atoms with Gasteiger partial charge in [-0.15, -0.1) is 11.3 Å². The smallest absolute Gasteiger partial charge is 0.250 e. The highest BCUT2D eigenvalue weighted by Crippen LogP contribution is 2.13. The van der Waals surface area contributed by atoms with Gasteiger partial charge in [0, 0.05) is 49.6 Å². The number of nitrogens with zero attached hydrogens (tertiary/aromatic N) is 3. The van der Waals surface area contributed by atoms with E-state index in [1.165, 1.54) is 10.9 Å². The van der Waals surface area contributed by atoms with Gasteiger partial charge in [-0.1, -0.05) is 6.07 Å². The second-order valence-electron chi connectivity index (χ2n) is 5.33. The number of hydrogen-bond donors (Lipinski definition) is 0. The molecule has 0 spiro atoms. The molecule has 0 unspecified atom stereocenters. The monoisotopic (exact) mass is 319 g/mol. The lowest BCUT2D eigenvalue weighted by Gasteiger charge is -2.17. The predicted octanol–water partition coefficient (Wildman–Crippen LogP) is 2.01. The second kappa shape index (κ2) is 7.35. The Balaban J connectivity index is 1.86. The van der Waals surface area contributed by atoms with Gasteiger partial charge in [-0.25, -0.2) is 4.98 Å². The normalized spacial score (nSPS) is 10.7. The maximum absolute atomic E-state index is 12.2. The number of carbonyl (C=O) groups excluding carboxylic acids is 1. The van der Waals surface area contributed by atoms with E-state index in [1.807, 2.05) is 25.4 Å².